The van der Waals surface area contributed by atoms with Gasteiger partial charge in [-0.1, -0.05) is 54.2 Å². The van der Waals surface area contributed by atoms with Gasteiger partial charge in [0.2, 0.25) is 15.9 Å². The van der Waals surface area contributed by atoms with Crippen LogP contribution >= 0.6 is 23.1 Å². The van der Waals surface area contributed by atoms with Crippen molar-refractivity contribution >= 4 is 44.8 Å². The van der Waals surface area contributed by atoms with Gasteiger partial charge in [-0.2, -0.15) is 0 Å². The van der Waals surface area contributed by atoms with Crippen LogP contribution in [0, 0.1) is 0 Å². The number of aromatic nitrogens is 1. The van der Waals surface area contributed by atoms with Crippen LogP contribution in [0.1, 0.15) is 21.6 Å². The Hall–Kier alpha value is -2.53. The van der Waals surface area contributed by atoms with E-state index in [9.17, 15) is 18.0 Å². The molecule has 0 aliphatic heterocycles. The van der Waals surface area contributed by atoms with Gasteiger partial charge in [0.05, 0.1) is 22.8 Å². The van der Waals surface area contributed by atoms with E-state index in [1.165, 1.54) is 35.2 Å². The quantitative estimate of drug-likeness (QED) is 0.344. The standard InChI is InChI=1S/C21H21N3O4S3/c22-31(27,28)18-8-6-15(7-9-18)10-11-23-20(26)12-17-13-29-21(24-17)30-14-19(25)16-4-2-1-3-5-16/h1-9,13H,10-12,14H2,(H,23,26)(H2,22,27,28). The number of carbonyl (C=O) groups excluding carboxylic acids is 2. The molecule has 0 spiro atoms. The number of nitrogens with one attached hydrogen (secondary N) is 1. The molecule has 7 nitrogen and oxygen atoms in total. The lowest BCUT2D eigenvalue weighted by Crippen LogP contribution is -2.27. The second-order valence-corrected chi connectivity index (χ2v) is 10.3. The van der Waals surface area contributed by atoms with Crippen LogP contribution in [0.2, 0.25) is 0 Å². The molecule has 0 aliphatic carbocycles. The monoisotopic (exact) mass is 475 g/mol. The summed E-state index contributed by atoms with van der Waals surface area (Å²) < 4.78 is 23.3. The molecular weight excluding hydrogens is 454 g/mol. The zero-order chi connectivity index (χ0) is 22.3. The number of rotatable bonds is 10. The molecule has 31 heavy (non-hydrogen) atoms. The average Bonchev–Trinajstić information content (AvgIpc) is 3.19. The fourth-order valence-electron chi connectivity index (χ4n) is 2.69. The second-order valence-electron chi connectivity index (χ2n) is 6.65. The van der Waals surface area contributed by atoms with Crippen LogP contribution in [0.25, 0.3) is 0 Å². The van der Waals surface area contributed by atoms with Crippen LogP contribution in [-0.4, -0.2) is 37.4 Å². The van der Waals surface area contributed by atoms with Gasteiger partial charge in [0.1, 0.15) is 0 Å². The van der Waals surface area contributed by atoms with E-state index in [0.717, 1.165) is 9.90 Å². The zero-order valence-electron chi connectivity index (χ0n) is 16.5. The summed E-state index contributed by atoms with van der Waals surface area (Å²) in [7, 11) is -3.71. The minimum absolute atomic E-state index is 0.0391. The molecular formula is C21H21N3O4S3. The van der Waals surface area contributed by atoms with Crippen LogP contribution in [-0.2, 0) is 27.7 Å². The molecule has 0 bridgehead atoms. The summed E-state index contributed by atoms with van der Waals surface area (Å²) in [6, 6.07) is 15.3. The van der Waals surface area contributed by atoms with E-state index in [0.29, 0.717) is 30.0 Å². The Bertz CT molecular complexity index is 1140. The van der Waals surface area contributed by atoms with Gasteiger partial charge in [-0.15, -0.1) is 11.3 Å². The maximum absolute atomic E-state index is 12.2. The third-order valence-electron chi connectivity index (χ3n) is 4.28. The highest BCUT2D eigenvalue weighted by Gasteiger charge is 2.11. The highest BCUT2D eigenvalue weighted by Crippen LogP contribution is 2.23. The van der Waals surface area contributed by atoms with Gasteiger partial charge in [-0.3, -0.25) is 9.59 Å². The summed E-state index contributed by atoms with van der Waals surface area (Å²) in [5.74, 6) is 0.188. The van der Waals surface area contributed by atoms with Crippen molar-refractivity contribution in [2.24, 2.45) is 5.14 Å². The average molecular weight is 476 g/mol. The van der Waals surface area contributed by atoms with Crippen LogP contribution in [0.15, 0.2) is 69.2 Å². The van der Waals surface area contributed by atoms with Crippen molar-refractivity contribution in [2.45, 2.75) is 22.1 Å². The van der Waals surface area contributed by atoms with Crippen molar-refractivity contribution in [1.82, 2.24) is 10.3 Å². The van der Waals surface area contributed by atoms with E-state index in [1.54, 1.807) is 24.3 Å². The molecule has 0 fully saturated rings. The van der Waals surface area contributed by atoms with E-state index in [4.69, 9.17) is 5.14 Å². The minimum Gasteiger partial charge on any atom is -0.355 e. The van der Waals surface area contributed by atoms with Crippen LogP contribution < -0.4 is 10.5 Å². The van der Waals surface area contributed by atoms with Crippen LogP contribution in [0.3, 0.4) is 0 Å². The number of nitrogens with zero attached hydrogens (tertiary/aromatic N) is 1. The normalized spacial score (nSPS) is 11.3. The summed E-state index contributed by atoms with van der Waals surface area (Å²) >= 11 is 2.78. The molecule has 0 radical (unpaired) electrons. The van der Waals surface area contributed by atoms with E-state index >= 15 is 0 Å². The molecule has 0 saturated carbocycles. The number of primary sulfonamides is 1. The summed E-state index contributed by atoms with van der Waals surface area (Å²) in [5, 5.41) is 9.72. The van der Waals surface area contributed by atoms with Gasteiger partial charge in [0.15, 0.2) is 10.1 Å². The van der Waals surface area contributed by atoms with Gasteiger partial charge in [0.25, 0.3) is 0 Å². The summed E-state index contributed by atoms with van der Waals surface area (Å²) in [6.45, 7) is 0.422. The summed E-state index contributed by atoms with van der Waals surface area (Å²) in [6.07, 6.45) is 0.727. The van der Waals surface area contributed by atoms with Gasteiger partial charge in [0, 0.05) is 17.5 Å². The highest BCUT2D eigenvalue weighted by molar-refractivity contribution is 8.01. The Labute approximate surface area is 189 Å². The van der Waals surface area contributed by atoms with Crippen molar-refractivity contribution in [2.75, 3.05) is 12.3 Å². The molecule has 0 aliphatic rings. The van der Waals surface area contributed by atoms with Crippen LogP contribution in [0.5, 0.6) is 0 Å². The largest absolute Gasteiger partial charge is 0.355 e. The first-order valence-electron chi connectivity index (χ1n) is 9.35. The number of Topliss-reactive ketones (excluding diaryl/α,β-unsaturated/α-hetero) is 1. The molecule has 1 amide bonds. The lowest BCUT2D eigenvalue weighted by atomic mass is 10.1. The molecule has 1 aromatic heterocycles. The minimum atomic E-state index is -3.71. The number of carbonyl (C=O) groups is 2. The molecule has 0 unspecified atom stereocenters. The molecule has 2 aromatic carbocycles. The number of hydrogen-bond acceptors (Lipinski definition) is 7. The first-order chi connectivity index (χ1) is 14.8. The molecule has 10 heteroatoms. The van der Waals surface area contributed by atoms with E-state index in [1.807, 2.05) is 23.6 Å². The number of hydrogen-bond donors (Lipinski definition) is 2. The van der Waals surface area contributed by atoms with E-state index in [-0.39, 0.29) is 23.0 Å². The predicted molar refractivity (Wildman–Crippen MR) is 122 cm³/mol. The molecule has 1 heterocycles. The van der Waals surface area contributed by atoms with Crippen molar-refractivity contribution in [1.29, 1.82) is 0 Å². The third kappa shape index (κ3) is 7.28. The summed E-state index contributed by atoms with van der Waals surface area (Å²) in [4.78, 5) is 28.8. The molecule has 3 aromatic rings. The van der Waals surface area contributed by atoms with Crippen molar-refractivity contribution in [3.05, 3.63) is 76.8 Å². The smallest absolute Gasteiger partial charge is 0.238 e. The van der Waals surface area contributed by atoms with Gasteiger partial charge >= 0.3 is 0 Å². The van der Waals surface area contributed by atoms with Gasteiger partial charge < -0.3 is 5.32 Å². The maximum atomic E-state index is 12.2. The Kier molecular flexibility index (Phi) is 7.97. The fourth-order valence-corrected chi connectivity index (χ4v) is 4.94. The first-order valence-corrected chi connectivity index (χ1v) is 12.8. The van der Waals surface area contributed by atoms with Crippen molar-refractivity contribution in [3.63, 3.8) is 0 Å². The van der Waals surface area contributed by atoms with Gasteiger partial charge in [-0.05, 0) is 24.1 Å². The lowest BCUT2D eigenvalue weighted by molar-refractivity contribution is -0.120. The number of nitrogens with two attached hydrogens (primary N) is 1. The topological polar surface area (TPSA) is 119 Å². The first kappa shape index (κ1) is 23.1. The Morgan fingerprint density at radius 2 is 1.77 bits per heavy atom. The molecule has 0 saturated heterocycles. The Balaban J connectivity index is 1.41. The highest BCUT2D eigenvalue weighted by atomic mass is 32.2. The number of amides is 1. The van der Waals surface area contributed by atoms with E-state index < -0.39 is 10.0 Å². The number of thiazole rings is 1. The molecule has 0 atom stereocenters. The van der Waals surface area contributed by atoms with E-state index in [2.05, 4.69) is 10.3 Å². The van der Waals surface area contributed by atoms with Crippen molar-refractivity contribution in [3.8, 4) is 0 Å². The zero-order valence-corrected chi connectivity index (χ0v) is 18.9. The fraction of sp³-hybridized carbons (Fsp3) is 0.190. The second kappa shape index (κ2) is 10.7. The number of ketones is 1. The summed E-state index contributed by atoms with van der Waals surface area (Å²) in [5.41, 5.74) is 2.23. The predicted octanol–water partition coefficient (Wildman–Crippen LogP) is 2.67. The SMILES string of the molecule is NS(=O)(=O)c1ccc(CCNC(=O)Cc2csc(SCC(=O)c3ccccc3)n2)cc1. The maximum Gasteiger partial charge on any atom is 0.238 e. The third-order valence-corrected chi connectivity index (χ3v) is 7.28. The number of benzene rings is 2. The van der Waals surface area contributed by atoms with Crippen LogP contribution in [0.4, 0.5) is 0 Å². The number of thioether (sulfide) groups is 1. The van der Waals surface area contributed by atoms with Crippen molar-refractivity contribution < 1.29 is 18.0 Å². The molecule has 162 valence electrons. The molecule has 3 rings (SSSR count). The Morgan fingerprint density at radius 1 is 1.06 bits per heavy atom. The Morgan fingerprint density at radius 3 is 2.45 bits per heavy atom. The lowest BCUT2D eigenvalue weighted by Gasteiger charge is -2.05. The molecule has 3 N–H and O–H groups in total. The van der Waals surface area contributed by atoms with Gasteiger partial charge in [-0.25, -0.2) is 18.5 Å². The number of sulfonamides is 1.